The summed E-state index contributed by atoms with van der Waals surface area (Å²) < 4.78 is 21.7. The second-order valence-electron chi connectivity index (χ2n) is 7.28. The van der Waals surface area contributed by atoms with Crippen LogP contribution < -0.4 is 14.2 Å². The Balaban J connectivity index is 1.56. The third kappa shape index (κ3) is 4.28. The predicted molar refractivity (Wildman–Crippen MR) is 90.0 cm³/mol. The summed E-state index contributed by atoms with van der Waals surface area (Å²) in [6.45, 7) is 6.36. The molecule has 1 aromatic rings. The Hall–Kier alpha value is -2.15. The molecule has 1 amide bonds. The number of carbonyl (C=O) groups excluding carboxylic acids is 1. The van der Waals surface area contributed by atoms with Crippen molar-refractivity contribution in [3.05, 3.63) is 18.2 Å². The van der Waals surface area contributed by atoms with Gasteiger partial charge in [0.1, 0.15) is 24.1 Å². The lowest BCUT2D eigenvalue weighted by Gasteiger charge is -2.31. The minimum absolute atomic E-state index is 0.0869. The zero-order valence-electron chi connectivity index (χ0n) is 14.9. The Labute approximate surface area is 147 Å². The molecular formula is C18H25NO6. The standard InChI is InChI=1S/C18H25NO6/c1-18(2,3)25-17(21)19-8-4-5-13(19)14(20)10-22-12-6-7-15-16(9-12)24-11-23-15/h6-7,9,13-14,20H,4-5,8,10-11H2,1-3H3/t13-,14?/m0/s1. The summed E-state index contributed by atoms with van der Waals surface area (Å²) in [5, 5.41) is 10.5. The number of aliphatic hydroxyl groups is 1. The van der Waals surface area contributed by atoms with Gasteiger partial charge in [0, 0.05) is 12.6 Å². The summed E-state index contributed by atoms with van der Waals surface area (Å²) in [5.74, 6) is 1.90. The molecule has 0 saturated carbocycles. The summed E-state index contributed by atoms with van der Waals surface area (Å²) in [6, 6.07) is 4.96. The van der Waals surface area contributed by atoms with Crippen LogP contribution in [0.15, 0.2) is 18.2 Å². The van der Waals surface area contributed by atoms with E-state index in [4.69, 9.17) is 18.9 Å². The van der Waals surface area contributed by atoms with E-state index in [1.54, 1.807) is 23.1 Å². The summed E-state index contributed by atoms with van der Waals surface area (Å²) in [6.07, 6.45) is 0.383. The maximum absolute atomic E-state index is 12.3. The van der Waals surface area contributed by atoms with E-state index >= 15 is 0 Å². The fraction of sp³-hybridized carbons (Fsp3) is 0.611. The van der Waals surface area contributed by atoms with Gasteiger partial charge in [-0.1, -0.05) is 0 Å². The van der Waals surface area contributed by atoms with E-state index in [0.29, 0.717) is 23.8 Å². The maximum Gasteiger partial charge on any atom is 0.410 e. The van der Waals surface area contributed by atoms with Crippen molar-refractivity contribution < 1.29 is 28.8 Å². The average molecular weight is 351 g/mol. The highest BCUT2D eigenvalue weighted by molar-refractivity contribution is 5.69. The normalized spacial score (nSPS) is 20.5. The number of likely N-dealkylation sites (tertiary alicyclic amines) is 1. The second kappa shape index (κ2) is 7.00. The summed E-state index contributed by atoms with van der Waals surface area (Å²) in [7, 11) is 0. The van der Waals surface area contributed by atoms with Crippen molar-refractivity contribution in [2.75, 3.05) is 19.9 Å². The Morgan fingerprint density at radius 2 is 2.12 bits per heavy atom. The molecule has 0 radical (unpaired) electrons. The molecule has 0 bridgehead atoms. The van der Waals surface area contributed by atoms with Gasteiger partial charge < -0.3 is 29.0 Å². The molecular weight excluding hydrogens is 326 g/mol. The average Bonchev–Trinajstić information content (AvgIpc) is 3.19. The zero-order chi connectivity index (χ0) is 18.0. The molecule has 1 N–H and O–H groups in total. The van der Waals surface area contributed by atoms with Gasteiger partial charge in [-0.05, 0) is 45.7 Å². The number of benzene rings is 1. The van der Waals surface area contributed by atoms with Gasteiger partial charge in [0.05, 0.1) is 6.04 Å². The monoisotopic (exact) mass is 351 g/mol. The van der Waals surface area contributed by atoms with Crippen LogP contribution in [0.1, 0.15) is 33.6 Å². The number of rotatable bonds is 4. The Morgan fingerprint density at radius 3 is 2.88 bits per heavy atom. The van der Waals surface area contributed by atoms with Crippen LogP contribution in [0, 0.1) is 0 Å². The van der Waals surface area contributed by atoms with Crippen LogP contribution in [0.2, 0.25) is 0 Å². The molecule has 7 heteroatoms. The van der Waals surface area contributed by atoms with E-state index in [-0.39, 0.29) is 19.4 Å². The number of ether oxygens (including phenoxy) is 4. The van der Waals surface area contributed by atoms with Crippen LogP contribution >= 0.6 is 0 Å². The van der Waals surface area contributed by atoms with Crippen molar-refractivity contribution in [1.29, 1.82) is 0 Å². The number of hydrogen-bond donors (Lipinski definition) is 1. The van der Waals surface area contributed by atoms with Crippen LogP contribution in [0.25, 0.3) is 0 Å². The number of aliphatic hydroxyl groups excluding tert-OH is 1. The molecule has 0 aliphatic carbocycles. The molecule has 138 valence electrons. The van der Waals surface area contributed by atoms with Crippen LogP contribution in [0.5, 0.6) is 17.2 Å². The lowest BCUT2D eigenvalue weighted by Crippen LogP contribution is -2.46. The fourth-order valence-electron chi connectivity index (χ4n) is 3.00. The Morgan fingerprint density at radius 1 is 1.36 bits per heavy atom. The van der Waals surface area contributed by atoms with Gasteiger partial charge in [-0.2, -0.15) is 0 Å². The van der Waals surface area contributed by atoms with E-state index < -0.39 is 17.8 Å². The van der Waals surface area contributed by atoms with Crippen molar-refractivity contribution in [3.63, 3.8) is 0 Å². The first kappa shape index (κ1) is 17.7. The first-order chi connectivity index (χ1) is 11.8. The summed E-state index contributed by atoms with van der Waals surface area (Å²) >= 11 is 0. The molecule has 2 aliphatic heterocycles. The number of nitrogens with zero attached hydrogens (tertiary/aromatic N) is 1. The van der Waals surface area contributed by atoms with Gasteiger partial charge in [-0.15, -0.1) is 0 Å². The molecule has 2 heterocycles. The van der Waals surface area contributed by atoms with Gasteiger partial charge in [0.15, 0.2) is 11.5 Å². The maximum atomic E-state index is 12.3. The van der Waals surface area contributed by atoms with E-state index in [2.05, 4.69) is 0 Å². The Bertz CT molecular complexity index is 626. The second-order valence-corrected chi connectivity index (χ2v) is 7.28. The van der Waals surface area contributed by atoms with Crippen LogP contribution in [0.4, 0.5) is 4.79 Å². The zero-order valence-corrected chi connectivity index (χ0v) is 14.9. The van der Waals surface area contributed by atoms with Crippen molar-refractivity contribution in [3.8, 4) is 17.2 Å². The minimum Gasteiger partial charge on any atom is -0.491 e. The van der Waals surface area contributed by atoms with E-state index in [1.807, 2.05) is 20.8 Å². The summed E-state index contributed by atoms with van der Waals surface area (Å²) in [4.78, 5) is 13.9. The smallest absolute Gasteiger partial charge is 0.410 e. The molecule has 0 aromatic heterocycles. The number of amides is 1. The van der Waals surface area contributed by atoms with E-state index in [1.165, 1.54) is 0 Å². The van der Waals surface area contributed by atoms with Crippen molar-refractivity contribution in [2.24, 2.45) is 0 Å². The van der Waals surface area contributed by atoms with Crippen molar-refractivity contribution >= 4 is 6.09 Å². The van der Waals surface area contributed by atoms with Crippen molar-refractivity contribution in [1.82, 2.24) is 4.90 Å². The molecule has 7 nitrogen and oxygen atoms in total. The third-order valence-electron chi connectivity index (χ3n) is 4.14. The highest BCUT2D eigenvalue weighted by Gasteiger charge is 2.36. The van der Waals surface area contributed by atoms with Gasteiger partial charge in [0.2, 0.25) is 6.79 Å². The van der Waals surface area contributed by atoms with Crippen LogP contribution in [0.3, 0.4) is 0 Å². The van der Waals surface area contributed by atoms with Gasteiger partial charge in [0.25, 0.3) is 0 Å². The largest absolute Gasteiger partial charge is 0.491 e. The molecule has 2 aliphatic rings. The van der Waals surface area contributed by atoms with E-state index in [9.17, 15) is 9.90 Å². The number of fused-ring (bicyclic) bond motifs is 1. The summed E-state index contributed by atoms with van der Waals surface area (Å²) in [5.41, 5.74) is -0.557. The fourth-order valence-corrected chi connectivity index (χ4v) is 3.00. The van der Waals surface area contributed by atoms with Gasteiger partial charge in [-0.3, -0.25) is 0 Å². The Kier molecular flexibility index (Phi) is 4.94. The molecule has 3 rings (SSSR count). The SMILES string of the molecule is CC(C)(C)OC(=O)N1CCC[C@H]1C(O)COc1ccc2c(c1)OCO2. The topological polar surface area (TPSA) is 77.5 Å². The molecule has 1 aromatic carbocycles. The highest BCUT2D eigenvalue weighted by Crippen LogP contribution is 2.35. The van der Waals surface area contributed by atoms with Crippen molar-refractivity contribution in [2.45, 2.75) is 51.4 Å². The minimum atomic E-state index is -0.791. The lowest BCUT2D eigenvalue weighted by atomic mass is 10.1. The number of hydrogen-bond acceptors (Lipinski definition) is 6. The van der Waals surface area contributed by atoms with Crippen LogP contribution in [-0.2, 0) is 4.74 Å². The molecule has 1 saturated heterocycles. The molecule has 25 heavy (non-hydrogen) atoms. The molecule has 1 fully saturated rings. The first-order valence-corrected chi connectivity index (χ1v) is 8.53. The number of carbonyl (C=O) groups is 1. The quantitative estimate of drug-likeness (QED) is 0.898. The van der Waals surface area contributed by atoms with Gasteiger partial charge >= 0.3 is 6.09 Å². The molecule has 2 atom stereocenters. The van der Waals surface area contributed by atoms with Crippen LogP contribution in [-0.4, -0.2) is 53.8 Å². The van der Waals surface area contributed by atoms with Gasteiger partial charge in [-0.25, -0.2) is 4.79 Å². The molecule has 1 unspecified atom stereocenters. The first-order valence-electron chi connectivity index (χ1n) is 8.53. The lowest BCUT2D eigenvalue weighted by molar-refractivity contribution is -0.00354. The molecule has 0 spiro atoms. The van der Waals surface area contributed by atoms with E-state index in [0.717, 1.165) is 12.8 Å². The predicted octanol–water partition coefficient (Wildman–Crippen LogP) is 2.55. The highest BCUT2D eigenvalue weighted by atomic mass is 16.7. The third-order valence-corrected chi connectivity index (χ3v) is 4.14.